The third-order valence-corrected chi connectivity index (χ3v) is 1.57. The van der Waals surface area contributed by atoms with Crippen LogP contribution in [0.4, 0.5) is 4.39 Å². The highest BCUT2D eigenvalue weighted by Crippen LogP contribution is 2.03. The molecule has 0 amide bonds. The van der Waals surface area contributed by atoms with E-state index in [1.54, 1.807) is 20.0 Å². The molecule has 1 aromatic carbocycles. The molecular formula is C8H8BFO. The third-order valence-electron chi connectivity index (χ3n) is 1.57. The van der Waals surface area contributed by atoms with Crippen LogP contribution in [0.1, 0.15) is 17.3 Å². The Balaban J connectivity index is 3.32. The van der Waals surface area contributed by atoms with Gasteiger partial charge in [0.05, 0.1) is 0 Å². The second kappa shape index (κ2) is 2.87. The van der Waals surface area contributed by atoms with Crippen molar-refractivity contribution in [2.24, 2.45) is 0 Å². The minimum absolute atomic E-state index is 0.201. The summed E-state index contributed by atoms with van der Waals surface area (Å²) in [6, 6.07) is 4.61. The lowest BCUT2D eigenvalue weighted by molar-refractivity contribution is 0.101. The first-order valence-corrected chi connectivity index (χ1v) is 3.39. The normalized spacial score (nSPS) is 9.64. The van der Waals surface area contributed by atoms with Crippen molar-refractivity contribution in [3.8, 4) is 0 Å². The molecule has 0 aliphatic heterocycles. The van der Waals surface area contributed by atoms with Crippen LogP contribution in [0.25, 0.3) is 0 Å². The van der Waals surface area contributed by atoms with Crippen molar-refractivity contribution in [3.05, 3.63) is 29.6 Å². The molecule has 0 fully saturated rings. The predicted molar refractivity (Wildman–Crippen MR) is 44.6 cm³/mol. The lowest BCUT2D eigenvalue weighted by Gasteiger charge is -2.01. The van der Waals surface area contributed by atoms with Gasteiger partial charge in [-0.3, -0.25) is 4.79 Å². The molecule has 3 heteroatoms. The molecule has 0 aromatic heterocycles. The first kappa shape index (κ1) is 7.99. The van der Waals surface area contributed by atoms with Crippen molar-refractivity contribution < 1.29 is 9.18 Å². The molecule has 0 spiro atoms. The third kappa shape index (κ3) is 1.48. The van der Waals surface area contributed by atoms with Crippen molar-refractivity contribution in [1.29, 1.82) is 0 Å². The SMILES string of the molecule is Bc1cccc(F)c1C(C)=O. The summed E-state index contributed by atoms with van der Waals surface area (Å²) < 4.78 is 12.9. The molecule has 0 radical (unpaired) electrons. The van der Waals surface area contributed by atoms with Gasteiger partial charge in [0.15, 0.2) is 5.78 Å². The summed E-state index contributed by atoms with van der Waals surface area (Å²) in [4.78, 5) is 10.8. The second-order valence-electron chi connectivity index (χ2n) is 2.49. The molecule has 11 heavy (non-hydrogen) atoms. The number of hydrogen-bond acceptors (Lipinski definition) is 1. The summed E-state index contributed by atoms with van der Waals surface area (Å²) in [6.07, 6.45) is 0. The Labute approximate surface area is 65.6 Å². The zero-order chi connectivity index (χ0) is 8.43. The van der Waals surface area contributed by atoms with E-state index in [9.17, 15) is 9.18 Å². The molecule has 0 atom stereocenters. The predicted octanol–water partition coefficient (Wildman–Crippen LogP) is 0.287. The molecule has 0 saturated carbocycles. The van der Waals surface area contributed by atoms with Gasteiger partial charge in [0.25, 0.3) is 0 Å². The number of halogens is 1. The molecule has 0 saturated heterocycles. The van der Waals surface area contributed by atoms with Gasteiger partial charge in [-0.1, -0.05) is 17.6 Å². The maximum Gasteiger partial charge on any atom is 0.162 e. The summed E-state index contributed by atoms with van der Waals surface area (Å²) in [5.41, 5.74) is 0.894. The summed E-state index contributed by atoms with van der Waals surface area (Å²) in [7, 11) is 1.72. The quantitative estimate of drug-likeness (QED) is 0.415. The van der Waals surface area contributed by atoms with Crippen LogP contribution in [0.3, 0.4) is 0 Å². The van der Waals surface area contributed by atoms with Gasteiger partial charge < -0.3 is 0 Å². The van der Waals surface area contributed by atoms with Crippen molar-refractivity contribution in [1.82, 2.24) is 0 Å². The first-order valence-electron chi connectivity index (χ1n) is 3.39. The number of rotatable bonds is 1. The number of Topliss-reactive ketones (excluding diaryl/α,β-unsaturated/α-hetero) is 1. The van der Waals surface area contributed by atoms with Crippen LogP contribution in [0, 0.1) is 5.82 Å². The highest BCUT2D eigenvalue weighted by atomic mass is 19.1. The topological polar surface area (TPSA) is 17.1 Å². The molecule has 0 bridgehead atoms. The van der Waals surface area contributed by atoms with E-state index in [1.807, 2.05) is 0 Å². The summed E-state index contributed by atoms with van der Waals surface area (Å²) in [5.74, 6) is -0.655. The van der Waals surface area contributed by atoms with E-state index >= 15 is 0 Å². The van der Waals surface area contributed by atoms with Crippen LogP contribution in [-0.4, -0.2) is 13.6 Å². The van der Waals surface area contributed by atoms with Gasteiger partial charge in [-0.05, 0) is 13.0 Å². The molecule has 0 unspecified atom stereocenters. The van der Waals surface area contributed by atoms with Crippen LogP contribution in [0.5, 0.6) is 0 Å². The average molecular weight is 150 g/mol. The second-order valence-corrected chi connectivity index (χ2v) is 2.49. The van der Waals surface area contributed by atoms with Crippen LogP contribution in [-0.2, 0) is 0 Å². The molecule has 1 aromatic rings. The minimum Gasteiger partial charge on any atom is -0.294 e. The monoisotopic (exact) mass is 150 g/mol. The zero-order valence-corrected chi connectivity index (χ0v) is 6.52. The van der Waals surface area contributed by atoms with Gasteiger partial charge in [0.2, 0.25) is 0 Å². The molecular weight excluding hydrogens is 142 g/mol. The van der Waals surface area contributed by atoms with Gasteiger partial charge in [-0.25, -0.2) is 4.39 Å². The van der Waals surface area contributed by atoms with E-state index in [1.165, 1.54) is 13.0 Å². The van der Waals surface area contributed by atoms with Gasteiger partial charge in [0, 0.05) is 5.56 Å². The van der Waals surface area contributed by atoms with E-state index in [0.29, 0.717) is 5.46 Å². The molecule has 0 N–H and O–H groups in total. The van der Waals surface area contributed by atoms with E-state index in [0.717, 1.165) is 0 Å². The number of carbonyl (C=O) groups excluding carboxylic acids is 1. The zero-order valence-electron chi connectivity index (χ0n) is 6.52. The smallest absolute Gasteiger partial charge is 0.162 e. The summed E-state index contributed by atoms with van der Waals surface area (Å²) >= 11 is 0. The van der Waals surface area contributed by atoms with Crippen LogP contribution < -0.4 is 5.46 Å². The Kier molecular flexibility index (Phi) is 2.08. The van der Waals surface area contributed by atoms with E-state index in [4.69, 9.17) is 0 Å². The summed E-state index contributed by atoms with van der Waals surface area (Å²) in [5, 5.41) is 0. The summed E-state index contributed by atoms with van der Waals surface area (Å²) in [6.45, 7) is 1.37. The fourth-order valence-corrected chi connectivity index (χ4v) is 1.08. The molecule has 0 heterocycles. The fraction of sp³-hybridized carbons (Fsp3) is 0.125. The standard InChI is InChI=1S/C8H8BFO/c1-5(11)8-6(9)3-2-4-7(8)10/h2-4H,9H2,1H3. The van der Waals surface area contributed by atoms with Crippen LogP contribution in [0.15, 0.2) is 18.2 Å². The first-order chi connectivity index (χ1) is 5.13. The fourth-order valence-electron chi connectivity index (χ4n) is 1.08. The molecule has 1 rings (SSSR count). The van der Waals surface area contributed by atoms with Crippen molar-refractivity contribution in [2.75, 3.05) is 0 Å². The van der Waals surface area contributed by atoms with Crippen LogP contribution in [0.2, 0.25) is 0 Å². The largest absolute Gasteiger partial charge is 0.294 e. The lowest BCUT2D eigenvalue weighted by atomic mass is 9.89. The van der Waals surface area contributed by atoms with Gasteiger partial charge >= 0.3 is 0 Å². The highest BCUT2D eigenvalue weighted by molar-refractivity contribution is 6.36. The van der Waals surface area contributed by atoms with Gasteiger partial charge in [-0.15, -0.1) is 0 Å². The Hall–Kier alpha value is -1.12. The molecule has 56 valence electrons. The number of hydrogen-bond donors (Lipinski definition) is 0. The average Bonchev–Trinajstić information content (AvgIpc) is 1.85. The van der Waals surface area contributed by atoms with Crippen molar-refractivity contribution in [3.63, 3.8) is 0 Å². The lowest BCUT2D eigenvalue weighted by Crippen LogP contribution is -2.15. The maximum atomic E-state index is 12.9. The highest BCUT2D eigenvalue weighted by Gasteiger charge is 2.08. The number of benzene rings is 1. The molecule has 0 aliphatic rings. The van der Waals surface area contributed by atoms with E-state index < -0.39 is 5.82 Å². The number of ketones is 1. The Bertz CT molecular complexity index is 276. The van der Waals surface area contributed by atoms with E-state index in [-0.39, 0.29) is 11.3 Å². The van der Waals surface area contributed by atoms with Crippen molar-refractivity contribution in [2.45, 2.75) is 6.92 Å². The number of carbonyl (C=O) groups is 1. The minimum atomic E-state index is -0.433. The Morgan fingerprint density at radius 2 is 2.18 bits per heavy atom. The van der Waals surface area contributed by atoms with Crippen LogP contribution >= 0.6 is 0 Å². The van der Waals surface area contributed by atoms with E-state index in [2.05, 4.69) is 0 Å². The Morgan fingerprint density at radius 1 is 1.55 bits per heavy atom. The van der Waals surface area contributed by atoms with Crippen molar-refractivity contribution >= 4 is 19.1 Å². The van der Waals surface area contributed by atoms with Gasteiger partial charge in [0.1, 0.15) is 13.7 Å². The molecule has 0 aliphatic carbocycles. The van der Waals surface area contributed by atoms with Gasteiger partial charge in [-0.2, -0.15) is 0 Å². The molecule has 1 nitrogen and oxygen atoms in total. The maximum absolute atomic E-state index is 12.9. The Morgan fingerprint density at radius 3 is 2.55 bits per heavy atom.